The summed E-state index contributed by atoms with van der Waals surface area (Å²) in [6.45, 7) is 2.50. The smallest absolute Gasteiger partial charge is 0.242 e. The highest BCUT2D eigenvalue weighted by atomic mass is 127. The SMILES string of the molecule is C[C@H](c1ccccc1)N(C)C(=O)CN1C=C1I. The molecule has 1 heterocycles. The van der Waals surface area contributed by atoms with Crippen molar-refractivity contribution in [2.75, 3.05) is 13.6 Å². The van der Waals surface area contributed by atoms with Crippen LogP contribution in [0.1, 0.15) is 18.5 Å². The summed E-state index contributed by atoms with van der Waals surface area (Å²) < 4.78 is 1.15. The quantitative estimate of drug-likeness (QED) is 0.621. The van der Waals surface area contributed by atoms with Crippen molar-refractivity contribution in [3.63, 3.8) is 0 Å². The minimum absolute atomic E-state index is 0.112. The standard InChI is InChI=1S/C13H15IN2O/c1-10(11-6-4-3-5-7-11)15(2)13(17)9-16-8-12(16)14/h3-8,10H,9H2,1-2H3/t10-,16?/m1/s1. The van der Waals surface area contributed by atoms with E-state index in [0.29, 0.717) is 6.54 Å². The fourth-order valence-electron chi connectivity index (χ4n) is 1.65. The third kappa shape index (κ3) is 3.00. The molecular formula is C13H15IN2O. The van der Waals surface area contributed by atoms with Crippen molar-refractivity contribution >= 4 is 28.5 Å². The molecule has 3 nitrogen and oxygen atoms in total. The van der Waals surface area contributed by atoms with Crippen LogP contribution in [0.15, 0.2) is 40.2 Å². The highest BCUT2D eigenvalue weighted by Gasteiger charge is 2.24. The van der Waals surface area contributed by atoms with E-state index in [4.69, 9.17) is 0 Å². The number of carbonyl (C=O) groups excluding carboxylic acids is 1. The van der Waals surface area contributed by atoms with Crippen LogP contribution in [0.4, 0.5) is 0 Å². The molecule has 1 aliphatic rings. The first kappa shape index (κ1) is 12.4. The second-order valence-electron chi connectivity index (χ2n) is 4.17. The van der Waals surface area contributed by atoms with Gasteiger partial charge in [0.15, 0.2) is 0 Å². The van der Waals surface area contributed by atoms with Crippen LogP contribution in [0.3, 0.4) is 0 Å². The van der Waals surface area contributed by atoms with Gasteiger partial charge in [0.25, 0.3) is 0 Å². The number of hydrogen-bond donors (Lipinski definition) is 0. The Labute approximate surface area is 115 Å². The Hall–Kier alpha value is -1.04. The minimum Gasteiger partial charge on any atom is -0.337 e. The van der Waals surface area contributed by atoms with Crippen molar-refractivity contribution in [2.24, 2.45) is 0 Å². The van der Waals surface area contributed by atoms with Gasteiger partial charge < -0.3 is 9.80 Å². The molecule has 1 amide bonds. The first-order valence-electron chi connectivity index (χ1n) is 5.54. The molecule has 0 N–H and O–H groups in total. The van der Waals surface area contributed by atoms with Crippen LogP contribution < -0.4 is 0 Å². The van der Waals surface area contributed by atoms with Crippen molar-refractivity contribution in [1.29, 1.82) is 0 Å². The molecule has 0 fully saturated rings. The Balaban J connectivity index is 1.95. The third-order valence-corrected chi connectivity index (χ3v) is 3.93. The molecule has 4 heteroatoms. The van der Waals surface area contributed by atoms with Gasteiger partial charge in [-0.3, -0.25) is 4.79 Å². The summed E-state index contributed by atoms with van der Waals surface area (Å²) in [6, 6.07) is 10.2. The molecule has 1 aromatic carbocycles. The van der Waals surface area contributed by atoms with Gasteiger partial charge in [-0.2, -0.15) is 0 Å². The van der Waals surface area contributed by atoms with E-state index in [9.17, 15) is 4.79 Å². The maximum absolute atomic E-state index is 12.0. The summed E-state index contributed by atoms with van der Waals surface area (Å²) >= 11 is 2.22. The lowest BCUT2D eigenvalue weighted by atomic mass is 10.1. The van der Waals surface area contributed by atoms with Crippen molar-refractivity contribution < 1.29 is 4.79 Å². The van der Waals surface area contributed by atoms with Crippen LogP contribution in [0.5, 0.6) is 0 Å². The highest BCUT2D eigenvalue weighted by Crippen LogP contribution is 2.27. The summed E-state index contributed by atoms with van der Waals surface area (Å²) in [5.74, 6) is 0.143. The van der Waals surface area contributed by atoms with E-state index in [1.54, 1.807) is 4.90 Å². The highest BCUT2D eigenvalue weighted by molar-refractivity contribution is 14.1. The number of hydrogen-bond acceptors (Lipinski definition) is 2. The van der Waals surface area contributed by atoms with Gasteiger partial charge in [0.1, 0.15) is 6.54 Å². The molecular weight excluding hydrogens is 327 g/mol. The lowest BCUT2D eigenvalue weighted by Gasteiger charge is -2.25. The molecule has 0 saturated heterocycles. The number of benzene rings is 1. The molecule has 0 saturated carbocycles. The van der Waals surface area contributed by atoms with Gasteiger partial charge in [0.2, 0.25) is 5.91 Å². The molecule has 0 aliphatic carbocycles. The van der Waals surface area contributed by atoms with Crippen LogP contribution in [0.2, 0.25) is 0 Å². The first-order chi connectivity index (χ1) is 8.09. The first-order valence-corrected chi connectivity index (χ1v) is 6.62. The zero-order valence-corrected chi connectivity index (χ0v) is 12.1. The Morgan fingerprint density at radius 2 is 2.00 bits per heavy atom. The number of amides is 1. The normalized spacial score (nSPS) is 15.2. The average Bonchev–Trinajstić information content (AvgIpc) is 3.04. The van der Waals surface area contributed by atoms with E-state index >= 15 is 0 Å². The van der Waals surface area contributed by atoms with Crippen molar-refractivity contribution in [1.82, 2.24) is 9.80 Å². The number of rotatable bonds is 4. The number of halogens is 1. The summed E-state index contributed by atoms with van der Waals surface area (Å²) in [6.07, 6.45) is 1.97. The van der Waals surface area contributed by atoms with Gasteiger partial charge in [-0.1, -0.05) is 30.3 Å². The molecule has 90 valence electrons. The monoisotopic (exact) mass is 342 g/mol. The molecule has 0 radical (unpaired) electrons. The number of nitrogens with zero attached hydrogens (tertiary/aromatic N) is 2. The number of likely N-dealkylation sites (N-methyl/N-ethyl adjacent to an activating group) is 1. The van der Waals surface area contributed by atoms with Crippen LogP contribution in [0, 0.1) is 0 Å². The van der Waals surface area contributed by atoms with Crippen LogP contribution in [-0.2, 0) is 4.79 Å². The van der Waals surface area contributed by atoms with E-state index in [0.717, 1.165) is 9.27 Å². The number of carbonyl (C=O) groups is 1. The Bertz CT molecular complexity index is 444. The van der Waals surface area contributed by atoms with Gasteiger partial charge in [0, 0.05) is 13.2 Å². The van der Waals surface area contributed by atoms with Crippen LogP contribution in [-0.4, -0.2) is 29.3 Å². The molecule has 1 aromatic rings. The summed E-state index contributed by atoms with van der Waals surface area (Å²) in [4.78, 5) is 15.8. The van der Waals surface area contributed by atoms with Crippen molar-refractivity contribution in [3.8, 4) is 0 Å². The predicted molar refractivity (Wildman–Crippen MR) is 76.4 cm³/mol. The van der Waals surface area contributed by atoms with Gasteiger partial charge in [0.05, 0.1) is 9.75 Å². The second kappa shape index (κ2) is 5.08. The molecule has 0 spiro atoms. The predicted octanol–water partition coefficient (Wildman–Crippen LogP) is 2.76. The van der Waals surface area contributed by atoms with E-state index in [2.05, 4.69) is 22.6 Å². The molecule has 1 aliphatic heterocycles. The Morgan fingerprint density at radius 3 is 2.53 bits per heavy atom. The maximum Gasteiger partial charge on any atom is 0.242 e. The fraction of sp³-hybridized carbons (Fsp3) is 0.308. The largest absolute Gasteiger partial charge is 0.337 e. The third-order valence-electron chi connectivity index (χ3n) is 3.03. The Kier molecular flexibility index (Phi) is 3.71. The molecule has 1 atom stereocenters. The lowest BCUT2D eigenvalue weighted by Crippen LogP contribution is -2.34. The molecule has 0 aromatic heterocycles. The summed E-state index contributed by atoms with van der Waals surface area (Å²) in [7, 11) is 1.86. The second-order valence-corrected chi connectivity index (χ2v) is 5.28. The van der Waals surface area contributed by atoms with E-state index in [-0.39, 0.29) is 11.9 Å². The van der Waals surface area contributed by atoms with E-state index in [1.165, 1.54) is 0 Å². The average molecular weight is 342 g/mol. The van der Waals surface area contributed by atoms with Gasteiger partial charge in [-0.25, -0.2) is 0 Å². The van der Waals surface area contributed by atoms with E-state index in [1.807, 2.05) is 55.4 Å². The Morgan fingerprint density at radius 1 is 1.41 bits per heavy atom. The molecule has 2 rings (SSSR count). The zero-order valence-electron chi connectivity index (χ0n) is 9.93. The van der Waals surface area contributed by atoms with E-state index < -0.39 is 0 Å². The van der Waals surface area contributed by atoms with Crippen LogP contribution in [0.25, 0.3) is 0 Å². The molecule has 0 bridgehead atoms. The van der Waals surface area contributed by atoms with Crippen LogP contribution >= 0.6 is 22.6 Å². The van der Waals surface area contributed by atoms with Crippen molar-refractivity contribution in [2.45, 2.75) is 13.0 Å². The lowest BCUT2D eigenvalue weighted by molar-refractivity contribution is -0.131. The topological polar surface area (TPSA) is 23.3 Å². The van der Waals surface area contributed by atoms with Crippen molar-refractivity contribution in [3.05, 3.63) is 45.8 Å². The summed E-state index contributed by atoms with van der Waals surface area (Å²) in [5, 5.41) is 0. The van der Waals surface area contributed by atoms with Gasteiger partial charge in [-0.15, -0.1) is 0 Å². The zero-order chi connectivity index (χ0) is 12.4. The van der Waals surface area contributed by atoms with Gasteiger partial charge >= 0.3 is 0 Å². The molecule has 0 unspecified atom stereocenters. The summed E-state index contributed by atoms with van der Waals surface area (Å²) in [5.41, 5.74) is 1.16. The minimum atomic E-state index is 0.112. The maximum atomic E-state index is 12.0. The molecule has 17 heavy (non-hydrogen) atoms. The fourth-order valence-corrected chi connectivity index (χ4v) is 2.16. The van der Waals surface area contributed by atoms with Gasteiger partial charge in [-0.05, 0) is 35.1 Å².